The standard InChI is InChI=1S/C56H35N3/c1-3-14-36(15-4-1)41-32-42(37-16-5-2-6-17-37)34-43(33-41)55-56(58-50-25-12-11-24-49(50)57-55)48-23-13-20-40-35-44(28-29-45(40)48)59-51-30-26-38-18-7-9-21-46(38)53(51)54-47-22-10-8-19-39(47)27-31-52(54)59/h1-35H. The number of hydrogen-bond donors (Lipinski definition) is 0. The van der Waals surface area contributed by atoms with Crippen LogP contribution < -0.4 is 0 Å². The molecule has 0 unspecified atom stereocenters. The van der Waals surface area contributed by atoms with E-state index in [-0.39, 0.29) is 0 Å². The molecule has 0 amide bonds. The second kappa shape index (κ2) is 13.4. The lowest BCUT2D eigenvalue weighted by Gasteiger charge is -2.16. The van der Waals surface area contributed by atoms with Gasteiger partial charge in [-0.2, -0.15) is 0 Å². The molecular formula is C56H35N3. The first kappa shape index (κ1) is 33.3. The normalized spacial score (nSPS) is 11.7. The molecule has 0 saturated heterocycles. The van der Waals surface area contributed by atoms with Gasteiger partial charge in [0.25, 0.3) is 0 Å². The summed E-state index contributed by atoms with van der Waals surface area (Å²) in [4.78, 5) is 10.8. The molecule has 12 aromatic rings. The number of aromatic nitrogens is 3. The van der Waals surface area contributed by atoms with Gasteiger partial charge in [-0.25, -0.2) is 9.97 Å². The first-order valence-electron chi connectivity index (χ1n) is 20.2. The average Bonchev–Trinajstić information content (AvgIpc) is 3.67. The molecule has 3 nitrogen and oxygen atoms in total. The molecule has 0 fully saturated rings. The minimum absolute atomic E-state index is 0.858. The monoisotopic (exact) mass is 749 g/mol. The fourth-order valence-electron chi connectivity index (χ4n) is 9.19. The SMILES string of the molecule is c1ccc(-c2cc(-c3ccccc3)cc(-c3nc4ccccc4nc3-c3cccc4cc(-n5c6ccc7ccccc7c6c6c7ccccc7ccc65)ccc34)c2)cc1. The van der Waals surface area contributed by atoms with E-state index < -0.39 is 0 Å². The van der Waals surface area contributed by atoms with Crippen molar-refractivity contribution in [3.05, 3.63) is 212 Å². The number of nitrogens with zero attached hydrogens (tertiary/aromatic N) is 3. The highest BCUT2D eigenvalue weighted by Crippen LogP contribution is 2.43. The molecule has 2 aromatic heterocycles. The van der Waals surface area contributed by atoms with Crippen LogP contribution in [-0.4, -0.2) is 14.5 Å². The molecule has 0 aliphatic rings. The van der Waals surface area contributed by atoms with Crippen molar-refractivity contribution >= 4 is 65.2 Å². The van der Waals surface area contributed by atoms with Crippen molar-refractivity contribution in [2.75, 3.05) is 0 Å². The first-order chi connectivity index (χ1) is 29.2. The summed E-state index contributed by atoms with van der Waals surface area (Å²) in [5.41, 5.74) is 13.6. The molecule has 0 bridgehead atoms. The fraction of sp³-hybridized carbons (Fsp3) is 0. The van der Waals surface area contributed by atoms with Crippen LogP contribution in [-0.2, 0) is 0 Å². The summed E-state index contributed by atoms with van der Waals surface area (Å²) < 4.78 is 2.44. The number of benzene rings is 10. The third-order valence-electron chi connectivity index (χ3n) is 11.9. The predicted octanol–water partition coefficient (Wildman–Crippen LogP) is 14.9. The molecule has 0 radical (unpaired) electrons. The molecule has 0 saturated carbocycles. The van der Waals surface area contributed by atoms with E-state index in [0.717, 1.165) is 72.3 Å². The van der Waals surface area contributed by atoms with Crippen molar-refractivity contribution in [2.45, 2.75) is 0 Å². The minimum Gasteiger partial charge on any atom is -0.309 e. The van der Waals surface area contributed by atoms with Gasteiger partial charge in [0, 0.05) is 27.6 Å². The Hall–Kier alpha value is -7.88. The van der Waals surface area contributed by atoms with Crippen LogP contribution in [0.25, 0.3) is 116 Å². The lowest BCUT2D eigenvalue weighted by atomic mass is 9.92. The second-order valence-corrected chi connectivity index (χ2v) is 15.3. The van der Waals surface area contributed by atoms with Crippen LogP contribution >= 0.6 is 0 Å². The molecule has 12 rings (SSSR count). The highest BCUT2D eigenvalue weighted by molar-refractivity contribution is 6.28. The average molecular weight is 750 g/mol. The van der Waals surface area contributed by atoms with Crippen LogP contribution in [0, 0.1) is 0 Å². The van der Waals surface area contributed by atoms with Gasteiger partial charge in [-0.15, -0.1) is 0 Å². The smallest absolute Gasteiger partial charge is 0.0979 e. The summed E-state index contributed by atoms with van der Waals surface area (Å²) in [6, 6.07) is 76.3. The molecule has 0 aliphatic carbocycles. The zero-order valence-electron chi connectivity index (χ0n) is 32.0. The number of fused-ring (bicyclic) bond motifs is 9. The topological polar surface area (TPSA) is 30.7 Å². The zero-order valence-corrected chi connectivity index (χ0v) is 32.0. The van der Waals surface area contributed by atoms with Gasteiger partial charge >= 0.3 is 0 Å². The van der Waals surface area contributed by atoms with Crippen LogP contribution in [0.5, 0.6) is 0 Å². The highest BCUT2D eigenvalue weighted by atomic mass is 15.0. The van der Waals surface area contributed by atoms with Gasteiger partial charge in [0.1, 0.15) is 0 Å². The molecule has 0 atom stereocenters. The Morgan fingerprint density at radius 3 is 1.42 bits per heavy atom. The van der Waals surface area contributed by atoms with Crippen LogP contribution in [0.1, 0.15) is 0 Å². The summed E-state index contributed by atoms with van der Waals surface area (Å²) in [5, 5.41) is 9.85. The van der Waals surface area contributed by atoms with Crippen LogP contribution in [0.4, 0.5) is 0 Å². The van der Waals surface area contributed by atoms with E-state index in [1.165, 1.54) is 43.4 Å². The zero-order chi connectivity index (χ0) is 38.9. The van der Waals surface area contributed by atoms with Crippen molar-refractivity contribution in [2.24, 2.45) is 0 Å². The quantitative estimate of drug-likeness (QED) is 0.175. The Kier molecular flexibility index (Phi) is 7.54. The molecule has 10 aromatic carbocycles. The maximum Gasteiger partial charge on any atom is 0.0979 e. The van der Waals surface area contributed by atoms with Gasteiger partial charge in [0.2, 0.25) is 0 Å². The maximum atomic E-state index is 5.42. The highest BCUT2D eigenvalue weighted by Gasteiger charge is 2.20. The molecule has 274 valence electrons. The number of rotatable bonds is 5. The molecule has 59 heavy (non-hydrogen) atoms. The molecule has 0 N–H and O–H groups in total. The molecule has 3 heteroatoms. The fourth-order valence-corrected chi connectivity index (χ4v) is 9.19. The van der Waals surface area contributed by atoms with Gasteiger partial charge in [-0.3, -0.25) is 0 Å². The summed E-state index contributed by atoms with van der Waals surface area (Å²) in [5.74, 6) is 0. The van der Waals surface area contributed by atoms with Crippen LogP contribution in [0.15, 0.2) is 212 Å². The van der Waals surface area contributed by atoms with E-state index in [9.17, 15) is 0 Å². The molecular weight excluding hydrogens is 715 g/mol. The third kappa shape index (κ3) is 5.44. The van der Waals surface area contributed by atoms with Gasteiger partial charge in [0.05, 0.1) is 33.5 Å². The van der Waals surface area contributed by atoms with Crippen molar-refractivity contribution in [1.82, 2.24) is 14.5 Å². The lowest BCUT2D eigenvalue weighted by Crippen LogP contribution is -1.98. The summed E-state index contributed by atoms with van der Waals surface area (Å²) in [6.07, 6.45) is 0. The molecule has 0 spiro atoms. The van der Waals surface area contributed by atoms with E-state index in [1.807, 2.05) is 12.1 Å². The van der Waals surface area contributed by atoms with Gasteiger partial charge in [-0.05, 0) is 109 Å². The van der Waals surface area contributed by atoms with E-state index in [2.05, 4.69) is 205 Å². The third-order valence-corrected chi connectivity index (χ3v) is 11.9. The van der Waals surface area contributed by atoms with Crippen LogP contribution in [0.2, 0.25) is 0 Å². The van der Waals surface area contributed by atoms with E-state index in [1.54, 1.807) is 0 Å². The Bertz CT molecular complexity index is 3450. The van der Waals surface area contributed by atoms with Crippen molar-refractivity contribution in [3.63, 3.8) is 0 Å². The van der Waals surface area contributed by atoms with E-state index in [4.69, 9.17) is 9.97 Å². The van der Waals surface area contributed by atoms with Gasteiger partial charge < -0.3 is 4.57 Å². The molecule has 0 aliphatic heterocycles. The predicted molar refractivity (Wildman–Crippen MR) is 248 cm³/mol. The minimum atomic E-state index is 0.858. The Morgan fingerprint density at radius 1 is 0.305 bits per heavy atom. The van der Waals surface area contributed by atoms with E-state index in [0.29, 0.717) is 0 Å². The van der Waals surface area contributed by atoms with Crippen LogP contribution in [0.3, 0.4) is 0 Å². The number of hydrogen-bond acceptors (Lipinski definition) is 2. The van der Waals surface area contributed by atoms with Crippen molar-refractivity contribution in [3.8, 4) is 50.5 Å². The van der Waals surface area contributed by atoms with E-state index >= 15 is 0 Å². The summed E-state index contributed by atoms with van der Waals surface area (Å²) in [7, 11) is 0. The maximum absolute atomic E-state index is 5.42. The van der Waals surface area contributed by atoms with Crippen molar-refractivity contribution in [1.29, 1.82) is 0 Å². The number of para-hydroxylation sites is 2. The summed E-state index contributed by atoms with van der Waals surface area (Å²) >= 11 is 0. The largest absolute Gasteiger partial charge is 0.309 e. The van der Waals surface area contributed by atoms with Gasteiger partial charge in [0.15, 0.2) is 0 Å². The molecule has 2 heterocycles. The summed E-state index contributed by atoms with van der Waals surface area (Å²) in [6.45, 7) is 0. The Morgan fingerprint density at radius 2 is 0.814 bits per heavy atom. The lowest BCUT2D eigenvalue weighted by molar-refractivity contribution is 1.19. The first-order valence-corrected chi connectivity index (χ1v) is 20.2. The van der Waals surface area contributed by atoms with Gasteiger partial charge in [-0.1, -0.05) is 158 Å². The Labute approximate surface area is 341 Å². The van der Waals surface area contributed by atoms with Crippen molar-refractivity contribution < 1.29 is 0 Å². The Balaban J connectivity index is 1.09. The second-order valence-electron chi connectivity index (χ2n) is 15.3.